The van der Waals surface area contributed by atoms with E-state index in [-0.39, 0.29) is 11.5 Å². The highest BCUT2D eigenvalue weighted by Crippen LogP contribution is 2.03. The Bertz CT molecular complexity index is 459. The van der Waals surface area contributed by atoms with Crippen LogP contribution in [0.1, 0.15) is 10.4 Å². The number of carbonyl (C=O) groups excluding carboxylic acids is 1. The van der Waals surface area contributed by atoms with E-state index >= 15 is 0 Å². The Morgan fingerprint density at radius 3 is 2.78 bits per heavy atom. The molecule has 1 aromatic heterocycles. The van der Waals surface area contributed by atoms with E-state index in [1.54, 1.807) is 31.3 Å². The van der Waals surface area contributed by atoms with Crippen molar-refractivity contribution in [1.29, 1.82) is 0 Å². The zero-order chi connectivity index (χ0) is 13.5. The van der Waals surface area contributed by atoms with Gasteiger partial charge in [0.05, 0.1) is 6.61 Å². The summed E-state index contributed by atoms with van der Waals surface area (Å²) in [6, 6.07) is 3.01. The summed E-state index contributed by atoms with van der Waals surface area (Å²) in [6.07, 6.45) is 1.60. The highest BCUT2D eigenvalue weighted by molar-refractivity contribution is 9.09. The van der Waals surface area contributed by atoms with Gasteiger partial charge in [-0.3, -0.25) is 9.59 Å². The van der Waals surface area contributed by atoms with Gasteiger partial charge in [0, 0.05) is 50.4 Å². The molecule has 0 atom stereocenters. The number of aromatic nitrogens is 1. The topological polar surface area (TPSA) is 51.5 Å². The van der Waals surface area contributed by atoms with Crippen LogP contribution in [0.25, 0.3) is 0 Å². The van der Waals surface area contributed by atoms with Gasteiger partial charge in [0.2, 0.25) is 0 Å². The van der Waals surface area contributed by atoms with E-state index in [0.717, 1.165) is 0 Å². The van der Waals surface area contributed by atoms with Crippen molar-refractivity contribution in [3.8, 4) is 0 Å². The summed E-state index contributed by atoms with van der Waals surface area (Å²) in [7, 11) is 3.24. The molecule has 0 radical (unpaired) electrons. The first-order chi connectivity index (χ1) is 8.60. The summed E-state index contributed by atoms with van der Waals surface area (Å²) >= 11 is 3.31. The molecule has 6 heteroatoms. The molecule has 0 N–H and O–H groups in total. The Kier molecular flexibility index (Phi) is 6.07. The molecule has 0 bridgehead atoms. The Labute approximate surface area is 114 Å². The molecule has 1 amide bonds. The number of nitrogens with zero attached hydrogens (tertiary/aromatic N) is 2. The summed E-state index contributed by atoms with van der Waals surface area (Å²) < 4.78 is 6.40. The first-order valence-corrected chi connectivity index (χ1v) is 6.73. The molecule has 0 fully saturated rings. The summed E-state index contributed by atoms with van der Waals surface area (Å²) in [6.45, 7) is 1.57. The number of carbonyl (C=O) groups is 1. The average Bonchev–Trinajstić information content (AvgIpc) is 2.37. The summed E-state index contributed by atoms with van der Waals surface area (Å²) in [5.41, 5.74) is 0.224. The molecule has 1 rings (SSSR count). The van der Waals surface area contributed by atoms with Crippen molar-refractivity contribution in [2.24, 2.45) is 7.05 Å². The highest BCUT2D eigenvalue weighted by Gasteiger charge is 2.15. The molecule has 100 valence electrons. The molecule has 0 unspecified atom stereocenters. The lowest BCUT2D eigenvalue weighted by Gasteiger charge is -2.21. The molecule has 1 heterocycles. The molecule has 0 saturated heterocycles. The summed E-state index contributed by atoms with van der Waals surface area (Å²) in [5, 5.41) is 0.688. The van der Waals surface area contributed by atoms with E-state index in [0.29, 0.717) is 30.6 Å². The van der Waals surface area contributed by atoms with Crippen molar-refractivity contribution in [2.75, 3.05) is 32.1 Å². The number of alkyl halides is 1. The molecule has 5 nitrogen and oxygen atoms in total. The average molecular weight is 317 g/mol. The minimum atomic E-state index is -0.189. The molecule has 1 aromatic rings. The number of hydrogen-bond acceptors (Lipinski definition) is 3. The maximum atomic E-state index is 12.2. The maximum absolute atomic E-state index is 12.2. The van der Waals surface area contributed by atoms with Gasteiger partial charge >= 0.3 is 0 Å². The Balaban J connectivity index is 2.87. The third-order valence-electron chi connectivity index (χ3n) is 2.56. The third-order valence-corrected chi connectivity index (χ3v) is 2.91. The lowest BCUT2D eigenvalue weighted by atomic mass is 10.2. The molecule has 0 spiro atoms. The fraction of sp³-hybridized carbons (Fsp3) is 0.500. The van der Waals surface area contributed by atoms with Crippen molar-refractivity contribution < 1.29 is 9.53 Å². The number of halogens is 1. The standard InChI is InChI=1S/C12H17BrN2O3/c1-14-5-3-10(9-11(14)16)12(17)15(6-4-13)7-8-18-2/h3,5,9H,4,6-8H2,1-2H3. The van der Waals surface area contributed by atoms with Crippen LogP contribution in [0, 0.1) is 0 Å². The Morgan fingerprint density at radius 1 is 1.50 bits per heavy atom. The molecule has 0 aliphatic carbocycles. The van der Waals surface area contributed by atoms with Gasteiger partial charge in [-0.25, -0.2) is 0 Å². The Morgan fingerprint density at radius 2 is 2.22 bits per heavy atom. The van der Waals surface area contributed by atoms with Crippen molar-refractivity contribution in [1.82, 2.24) is 9.47 Å². The second-order valence-electron chi connectivity index (χ2n) is 3.84. The van der Waals surface area contributed by atoms with Gasteiger partial charge in [-0.1, -0.05) is 15.9 Å². The summed E-state index contributed by atoms with van der Waals surface area (Å²) in [5.74, 6) is -0.149. The lowest BCUT2D eigenvalue weighted by molar-refractivity contribution is 0.0708. The van der Waals surface area contributed by atoms with Gasteiger partial charge in [-0.15, -0.1) is 0 Å². The van der Waals surface area contributed by atoms with E-state index in [1.807, 2.05) is 0 Å². The van der Waals surface area contributed by atoms with Gasteiger partial charge in [-0.2, -0.15) is 0 Å². The molecule has 0 aliphatic rings. The van der Waals surface area contributed by atoms with Crippen LogP contribution >= 0.6 is 15.9 Å². The van der Waals surface area contributed by atoms with Crippen LogP contribution in [0.15, 0.2) is 23.1 Å². The number of aryl methyl sites for hydroxylation is 1. The molecular formula is C12H17BrN2O3. The number of hydrogen-bond donors (Lipinski definition) is 0. The maximum Gasteiger partial charge on any atom is 0.254 e. The van der Waals surface area contributed by atoms with Gasteiger partial charge in [0.1, 0.15) is 0 Å². The highest BCUT2D eigenvalue weighted by atomic mass is 79.9. The number of methoxy groups -OCH3 is 1. The quantitative estimate of drug-likeness (QED) is 0.732. The van der Waals surface area contributed by atoms with Gasteiger partial charge in [0.25, 0.3) is 11.5 Å². The van der Waals surface area contributed by atoms with Crippen molar-refractivity contribution in [2.45, 2.75) is 0 Å². The monoisotopic (exact) mass is 316 g/mol. The van der Waals surface area contributed by atoms with Crippen LogP contribution in [0.4, 0.5) is 0 Å². The largest absolute Gasteiger partial charge is 0.383 e. The van der Waals surface area contributed by atoms with E-state index in [9.17, 15) is 9.59 Å². The second kappa shape index (κ2) is 7.33. The van der Waals surface area contributed by atoms with Gasteiger partial charge in [0.15, 0.2) is 0 Å². The molecular weight excluding hydrogens is 300 g/mol. The number of amides is 1. The second-order valence-corrected chi connectivity index (χ2v) is 4.63. The molecule has 18 heavy (non-hydrogen) atoms. The van der Waals surface area contributed by atoms with E-state index in [4.69, 9.17) is 4.74 Å². The zero-order valence-electron chi connectivity index (χ0n) is 10.6. The van der Waals surface area contributed by atoms with Crippen LogP contribution in [-0.2, 0) is 11.8 Å². The fourth-order valence-corrected chi connectivity index (χ4v) is 1.91. The summed E-state index contributed by atoms with van der Waals surface area (Å²) in [4.78, 5) is 25.4. The SMILES string of the molecule is COCCN(CCBr)C(=O)c1ccn(C)c(=O)c1. The normalized spacial score (nSPS) is 10.4. The minimum absolute atomic E-state index is 0.149. The van der Waals surface area contributed by atoms with Gasteiger partial charge in [-0.05, 0) is 6.07 Å². The van der Waals surface area contributed by atoms with Crippen LogP contribution in [0.5, 0.6) is 0 Å². The predicted octanol–water partition coefficient (Wildman–Crippen LogP) is 0.869. The van der Waals surface area contributed by atoms with Gasteiger partial charge < -0.3 is 14.2 Å². The lowest BCUT2D eigenvalue weighted by Crippen LogP contribution is -2.36. The van der Waals surface area contributed by atoms with Crippen LogP contribution < -0.4 is 5.56 Å². The van der Waals surface area contributed by atoms with Crippen LogP contribution in [-0.4, -0.2) is 47.5 Å². The molecule has 0 saturated carbocycles. The van der Waals surface area contributed by atoms with E-state index < -0.39 is 0 Å². The van der Waals surface area contributed by atoms with Crippen molar-refractivity contribution in [3.05, 3.63) is 34.2 Å². The number of pyridine rings is 1. The van der Waals surface area contributed by atoms with Crippen molar-refractivity contribution in [3.63, 3.8) is 0 Å². The number of rotatable bonds is 6. The first kappa shape index (κ1) is 14.9. The zero-order valence-corrected chi connectivity index (χ0v) is 12.1. The molecule has 0 aliphatic heterocycles. The van der Waals surface area contributed by atoms with E-state index in [2.05, 4.69) is 15.9 Å². The molecule has 0 aromatic carbocycles. The fourth-order valence-electron chi connectivity index (χ4n) is 1.48. The van der Waals surface area contributed by atoms with E-state index in [1.165, 1.54) is 10.6 Å². The smallest absolute Gasteiger partial charge is 0.254 e. The van der Waals surface area contributed by atoms with Crippen LogP contribution in [0.3, 0.4) is 0 Å². The van der Waals surface area contributed by atoms with Crippen molar-refractivity contribution >= 4 is 21.8 Å². The first-order valence-electron chi connectivity index (χ1n) is 5.61. The number of ether oxygens (including phenoxy) is 1. The minimum Gasteiger partial charge on any atom is -0.383 e. The predicted molar refractivity (Wildman–Crippen MR) is 73.3 cm³/mol. The third kappa shape index (κ3) is 3.96. The Hall–Kier alpha value is -1.14. The van der Waals surface area contributed by atoms with Crippen LogP contribution in [0.2, 0.25) is 0 Å².